The van der Waals surface area contributed by atoms with Gasteiger partial charge in [-0.2, -0.15) is 5.10 Å². The van der Waals surface area contributed by atoms with Gasteiger partial charge in [-0.3, -0.25) is 10.1 Å². The maximum absolute atomic E-state index is 9.73. The Bertz CT molecular complexity index is 1470. The minimum Gasteiger partial charge on any atom is -0.396 e. The highest BCUT2D eigenvalue weighted by atomic mass is 16.3. The molecule has 6 rings (SSSR count). The molecule has 5 aromatic rings. The zero-order chi connectivity index (χ0) is 25.0. The van der Waals surface area contributed by atoms with Crippen LogP contribution in [0.25, 0.3) is 44.5 Å². The Morgan fingerprint density at radius 1 is 0.892 bits per heavy atom. The smallest absolute Gasteiger partial charge is 0.0827 e. The Hall–Kier alpha value is -3.87. The van der Waals surface area contributed by atoms with Crippen molar-refractivity contribution < 1.29 is 5.11 Å². The minimum atomic E-state index is 0.268. The van der Waals surface area contributed by atoms with E-state index in [2.05, 4.69) is 75.1 Å². The van der Waals surface area contributed by atoms with Crippen LogP contribution in [0.4, 0.5) is 0 Å². The van der Waals surface area contributed by atoms with Crippen LogP contribution in [0.2, 0.25) is 0 Å². The monoisotopic (exact) mass is 489 g/mol. The molecular formula is C31H31N5O. The van der Waals surface area contributed by atoms with Gasteiger partial charge in [0, 0.05) is 53.7 Å². The van der Waals surface area contributed by atoms with Crippen molar-refractivity contribution in [1.29, 1.82) is 0 Å². The summed E-state index contributed by atoms with van der Waals surface area (Å²) < 4.78 is 0. The normalized spacial score (nSPS) is 17.8. The molecule has 1 saturated carbocycles. The number of aromatic amines is 1. The van der Waals surface area contributed by atoms with E-state index in [-0.39, 0.29) is 6.61 Å². The van der Waals surface area contributed by atoms with Crippen LogP contribution >= 0.6 is 0 Å². The van der Waals surface area contributed by atoms with E-state index in [0.717, 1.165) is 63.9 Å². The molecule has 3 aromatic heterocycles. The molecule has 2 unspecified atom stereocenters. The van der Waals surface area contributed by atoms with Crippen LogP contribution in [0.5, 0.6) is 0 Å². The number of nitrogens with one attached hydrogen (secondary N) is 2. The number of fused-ring (bicyclic) bond motifs is 1. The quantitative estimate of drug-likeness (QED) is 0.261. The lowest BCUT2D eigenvalue weighted by atomic mass is 9.85. The topological polar surface area (TPSA) is 86.7 Å². The predicted octanol–water partition coefficient (Wildman–Crippen LogP) is 5.99. The molecule has 6 nitrogen and oxygen atoms in total. The average molecular weight is 490 g/mol. The number of hydrogen-bond donors (Lipinski definition) is 3. The molecule has 6 heteroatoms. The van der Waals surface area contributed by atoms with Crippen molar-refractivity contribution in [3.8, 4) is 33.6 Å². The van der Waals surface area contributed by atoms with Crippen molar-refractivity contribution >= 4 is 10.9 Å². The summed E-state index contributed by atoms with van der Waals surface area (Å²) in [6.45, 7) is 1.07. The van der Waals surface area contributed by atoms with E-state index in [9.17, 15) is 5.11 Å². The SMILES string of the molecule is OCC1CCCCC1NCc1ccc(-c2nc3ccnc(-c4cn[nH]c4)c3cc2-c2ccccc2)cc1. The van der Waals surface area contributed by atoms with Crippen molar-refractivity contribution in [2.24, 2.45) is 5.92 Å². The molecule has 37 heavy (non-hydrogen) atoms. The summed E-state index contributed by atoms with van der Waals surface area (Å²) in [6.07, 6.45) is 10.2. The summed E-state index contributed by atoms with van der Waals surface area (Å²) >= 11 is 0. The first kappa shape index (κ1) is 23.5. The third-order valence-corrected chi connectivity index (χ3v) is 7.54. The van der Waals surface area contributed by atoms with Crippen LogP contribution in [0.15, 0.2) is 85.3 Å². The summed E-state index contributed by atoms with van der Waals surface area (Å²) in [5.74, 6) is 0.365. The Labute approximate surface area is 216 Å². The van der Waals surface area contributed by atoms with E-state index in [4.69, 9.17) is 4.98 Å². The van der Waals surface area contributed by atoms with E-state index >= 15 is 0 Å². The molecule has 0 aliphatic heterocycles. The standard InChI is InChI=1S/C31H31N5O/c37-20-24-8-4-5-9-28(24)33-17-21-10-12-23(13-11-21)31-26(22-6-2-1-3-7-22)16-27-29(36-31)14-15-32-30(27)25-18-34-35-19-25/h1-3,6-7,10-16,18-19,24,28,33,37H,4-5,8-9,17,20H2,(H,34,35). The highest BCUT2D eigenvalue weighted by molar-refractivity contribution is 5.98. The lowest BCUT2D eigenvalue weighted by Gasteiger charge is -2.31. The van der Waals surface area contributed by atoms with Gasteiger partial charge in [0.2, 0.25) is 0 Å². The van der Waals surface area contributed by atoms with Crippen LogP contribution in [0.3, 0.4) is 0 Å². The van der Waals surface area contributed by atoms with Gasteiger partial charge >= 0.3 is 0 Å². The van der Waals surface area contributed by atoms with Gasteiger partial charge in [-0.15, -0.1) is 0 Å². The lowest BCUT2D eigenvalue weighted by molar-refractivity contribution is 0.152. The fourth-order valence-corrected chi connectivity index (χ4v) is 5.49. The van der Waals surface area contributed by atoms with Gasteiger partial charge in [-0.1, -0.05) is 67.4 Å². The lowest BCUT2D eigenvalue weighted by Crippen LogP contribution is -2.39. The van der Waals surface area contributed by atoms with Gasteiger partial charge in [0.25, 0.3) is 0 Å². The van der Waals surface area contributed by atoms with E-state index in [0.29, 0.717) is 12.0 Å². The van der Waals surface area contributed by atoms with Gasteiger partial charge in [0.15, 0.2) is 0 Å². The third-order valence-electron chi connectivity index (χ3n) is 7.54. The Morgan fingerprint density at radius 2 is 1.73 bits per heavy atom. The molecule has 0 spiro atoms. The van der Waals surface area contributed by atoms with Crippen LogP contribution in [0.1, 0.15) is 31.2 Å². The van der Waals surface area contributed by atoms with Crippen LogP contribution in [-0.4, -0.2) is 37.9 Å². The molecule has 2 atom stereocenters. The number of rotatable bonds is 7. The fraction of sp³-hybridized carbons (Fsp3) is 0.258. The second-order valence-electron chi connectivity index (χ2n) is 9.88. The number of benzene rings is 2. The number of aliphatic hydroxyl groups is 1. The molecule has 1 aliphatic rings. The molecule has 0 saturated heterocycles. The summed E-state index contributed by atoms with van der Waals surface area (Å²) in [7, 11) is 0. The van der Waals surface area contributed by atoms with E-state index < -0.39 is 0 Å². The molecule has 3 heterocycles. The maximum Gasteiger partial charge on any atom is 0.0827 e. The van der Waals surface area contributed by atoms with Gasteiger partial charge in [-0.05, 0) is 42.0 Å². The zero-order valence-electron chi connectivity index (χ0n) is 20.8. The van der Waals surface area contributed by atoms with Crippen LogP contribution < -0.4 is 5.32 Å². The van der Waals surface area contributed by atoms with Crippen LogP contribution in [0, 0.1) is 5.92 Å². The third kappa shape index (κ3) is 4.90. The number of aliphatic hydroxyl groups excluding tert-OH is 1. The Kier molecular flexibility index (Phi) is 6.76. The van der Waals surface area contributed by atoms with Gasteiger partial charge in [0.1, 0.15) is 0 Å². The fourth-order valence-electron chi connectivity index (χ4n) is 5.49. The zero-order valence-corrected chi connectivity index (χ0v) is 20.8. The molecule has 2 aromatic carbocycles. The van der Waals surface area contributed by atoms with E-state index in [1.165, 1.54) is 18.4 Å². The van der Waals surface area contributed by atoms with Gasteiger partial charge < -0.3 is 10.4 Å². The maximum atomic E-state index is 9.73. The van der Waals surface area contributed by atoms with E-state index in [1.54, 1.807) is 6.20 Å². The minimum absolute atomic E-state index is 0.268. The molecule has 3 N–H and O–H groups in total. The number of nitrogens with zero attached hydrogens (tertiary/aromatic N) is 3. The number of hydrogen-bond acceptors (Lipinski definition) is 5. The largest absolute Gasteiger partial charge is 0.396 e. The number of pyridine rings is 2. The van der Waals surface area contributed by atoms with Crippen molar-refractivity contribution in [2.45, 2.75) is 38.3 Å². The van der Waals surface area contributed by atoms with Crippen molar-refractivity contribution in [3.63, 3.8) is 0 Å². The number of H-pyrrole nitrogens is 1. The summed E-state index contributed by atoms with van der Waals surface area (Å²) in [5.41, 5.74) is 8.17. The predicted molar refractivity (Wildman–Crippen MR) is 148 cm³/mol. The summed E-state index contributed by atoms with van der Waals surface area (Å²) in [5, 5.41) is 21.4. The van der Waals surface area contributed by atoms with Crippen molar-refractivity contribution in [2.75, 3.05) is 6.61 Å². The molecule has 1 fully saturated rings. The second-order valence-corrected chi connectivity index (χ2v) is 9.88. The second kappa shape index (κ2) is 10.6. The van der Waals surface area contributed by atoms with Gasteiger partial charge in [0.05, 0.1) is 23.1 Å². The molecule has 0 amide bonds. The highest BCUT2D eigenvalue weighted by Crippen LogP contribution is 2.36. The number of aromatic nitrogens is 4. The van der Waals surface area contributed by atoms with Crippen molar-refractivity contribution in [3.05, 3.63) is 90.9 Å². The summed E-state index contributed by atoms with van der Waals surface area (Å²) in [4.78, 5) is 9.79. The first-order valence-electron chi connectivity index (χ1n) is 13.1. The highest BCUT2D eigenvalue weighted by Gasteiger charge is 2.23. The summed E-state index contributed by atoms with van der Waals surface area (Å²) in [6, 6.07) is 23.7. The molecular weight excluding hydrogens is 458 g/mol. The molecule has 0 bridgehead atoms. The molecule has 0 radical (unpaired) electrons. The Balaban J connectivity index is 1.35. The first-order chi connectivity index (χ1) is 18.3. The molecule has 186 valence electrons. The average Bonchev–Trinajstić information content (AvgIpc) is 3.51. The van der Waals surface area contributed by atoms with Crippen molar-refractivity contribution in [1.82, 2.24) is 25.5 Å². The van der Waals surface area contributed by atoms with E-state index in [1.807, 2.05) is 24.5 Å². The van der Waals surface area contributed by atoms with Gasteiger partial charge in [-0.25, -0.2) is 4.98 Å². The Morgan fingerprint density at radius 3 is 2.51 bits per heavy atom. The van der Waals surface area contributed by atoms with Crippen LogP contribution in [-0.2, 0) is 6.54 Å². The molecule has 1 aliphatic carbocycles. The first-order valence-corrected chi connectivity index (χ1v) is 13.1.